The first kappa shape index (κ1) is 23.8. The lowest BCUT2D eigenvalue weighted by Gasteiger charge is -2.16. The predicted molar refractivity (Wildman–Crippen MR) is 101 cm³/mol. The van der Waals surface area contributed by atoms with Gasteiger partial charge in [0.1, 0.15) is 17.3 Å². The monoisotopic (exact) mass is 476 g/mol. The van der Waals surface area contributed by atoms with Crippen molar-refractivity contribution in [1.82, 2.24) is 0 Å². The second-order valence-corrected chi connectivity index (χ2v) is 6.52. The minimum Gasteiger partial charge on any atom is -0.484 e. The predicted octanol–water partition coefficient (Wildman–Crippen LogP) is 6.17. The van der Waals surface area contributed by atoms with Crippen LogP contribution in [0.1, 0.15) is 0 Å². The molecule has 0 saturated carbocycles. The van der Waals surface area contributed by atoms with Gasteiger partial charge in [-0.05, 0) is 30.4 Å². The van der Waals surface area contributed by atoms with E-state index < -0.39 is 42.9 Å². The molecule has 0 aliphatic heterocycles. The average molecular weight is 477 g/mol. The molecule has 0 aromatic heterocycles. The van der Waals surface area contributed by atoms with Gasteiger partial charge in [-0.15, -0.1) is 0 Å². The van der Waals surface area contributed by atoms with Crippen LogP contribution in [0.25, 0.3) is 0 Å². The van der Waals surface area contributed by atoms with Crippen LogP contribution in [-0.4, -0.2) is 30.7 Å². The Morgan fingerprint density at radius 2 is 1.33 bits per heavy atom. The lowest BCUT2D eigenvalue weighted by Crippen LogP contribution is -2.21. The molecule has 0 amide bonds. The van der Waals surface area contributed by atoms with E-state index >= 15 is 0 Å². The van der Waals surface area contributed by atoms with E-state index in [1.807, 2.05) is 0 Å². The van der Waals surface area contributed by atoms with Crippen molar-refractivity contribution in [3.63, 3.8) is 0 Å². The molecular formula is C17H12ClF7N2O2S. The second-order valence-electron chi connectivity index (χ2n) is 5.71. The average Bonchev–Trinajstić information content (AvgIpc) is 2.60. The Morgan fingerprint density at radius 1 is 0.833 bits per heavy atom. The van der Waals surface area contributed by atoms with Crippen molar-refractivity contribution >= 4 is 40.3 Å². The molecule has 0 atom stereocenters. The first-order chi connectivity index (χ1) is 13.8. The zero-order valence-electron chi connectivity index (χ0n) is 14.6. The third-order valence-corrected chi connectivity index (χ3v) is 3.61. The molecule has 0 radical (unpaired) electrons. The third kappa shape index (κ3) is 8.49. The SMILES string of the molecule is Fc1ccc(NC(=S)Nc2cc(OCC(F)(F)F)cc(OCC(F)(F)F)c2)cc1Cl. The van der Waals surface area contributed by atoms with Crippen LogP contribution in [0.2, 0.25) is 5.02 Å². The van der Waals surface area contributed by atoms with Gasteiger partial charge in [-0.25, -0.2) is 4.39 Å². The minimum absolute atomic E-state index is 0.0162. The Hall–Kier alpha value is -2.47. The van der Waals surface area contributed by atoms with E-state index in [0.29, 0.717) is 0 Å². The summed E-state index contributed by atoms with van der Waals surface area (Å²) in [5, 5.41) is 4.91. The molecule has 0 heterocycles. The fraction of sp³-hybridized carbons (Fsp3) is 0.235. The molecule has 2 aromatic rings. The van der Waals surface area contributed by atoms with Crippen LogP contribution in [0.15, 0.2) is 36.4 Å². The number of rotatable bonds is 6. The van der Waals surface area contributed by atoms with Crippen molar-refractivity contribution in [3.8, 4) is 11.5 Å². The maximum Gasteiger partial charge on any atom is 0.422 e. The van der Waals surface area contributed by atoms with Gasteiger partial charge in [-0.2, -0.15) is 26.3 Å². The van der Waals surface area contributed by atoms with Crippen LogP contribution in [0.5, 0.6) is 11.5 Å². The molecule has 2 N–H and O–H groups in total. The van der Waals surface area contributed by atoms with Crippen LogP contribution in [0.4, 0.5) is 42.1 Å². The van der Waals surface area contributed by atoms with Gasteiger partial charge in [-0.1, -0.05) is 11.6 Å². The highest BCUT2D eigenvalue weighted by Gasteiger charge is 2.30. The van der Waals surface area contributed by atoms with Gasteiger partial charge >= 0.3 is 12.4 Å². The largest absolute Gasteiger partial charge is 0.484 e. The molecule has 2 rings (SSSR count). The normalized spacial score (nSPS) is 11.7. The molecule has 0 saturated heterocycles. The number of anilines is 2. The number of hydrogen-bond acceptors (Lipinski definition) is 3. The number of halogens is 8. The Kier molecular flexibility index (Phi) is 7.59. The number of nitrogens with one attached hydrogen (secondary N) is 2. The lowest BCUT2D eigenvalue weighted by atomic mass is 10.2. The standard InChI is InChI=1S/C17H12ClF7N2O2S/c18-13-5-9(1-2-14(13)19)26-15(30)27-10-3-11(28-7-16(20,21)22)6-12(4-10)29-8-17(23,24)25/h1-6H,7-8H2,(H2,26,27,30). The van der Waals surface area contributed by atoms with Gasteiger partial charge in [0.25, 0.3) is 0 Å². The van der Waals surface area contributed by atoms with Crippen molar-refractivity contribution in [3.05, 3.63) is 47.2 Å². The molecule has 0 bridgehead atoms. The Balaban J connectivity index is 2.16. The molecule has 4 nitrogen and oxygen atoms in total. The fourth-order valence-electron chi connectivity index (χ4n) is 2.01. The van der Waals surface area contributed by atoms with Gasteiger partial charge in [0.15, 0.2) is 18.3 Å². The fourth-order valence-corrected chi connectivity index (χ4v) is 2.42. The van der Waals surface area contributed by atoms with Crippen LogP contribution in [0.3, 0.4) is 0 Å². The Morgan fingerprint density at radius 3 is 1.80 bits per heavy atom. The summed E-state index contributed by atoms with van der Waals surface area (Å²) in [7, 11) is 0. The van der Waals surface area contributed by atoms with Crippen LogP contribution >= 0.6 is 23.8 Å². The van der Waals surface area contributed by atoms with Gasteiger partial charge in [0.2, 0.25) is 0 Å². The molecule has 0 fully saturated rings. The zero-order chi connectivity index (χ0) is 22.5. The maximum atomic E-state index is 13.2. The summed E-state index contributed by atoms with van der Waals surface area (Å²) in [6, 6.07) is 6.65. The molecule has 0 aliphatic rings. The number of alkyl halides is 6. The number of ether oxygens (including phenoxy) is 2. The summed E-state index contributed by atoms with van der Waals surface area (Å²) in [5.41, 5.74) is 0.273. The molecule has 164 valence electrons. The highest BCUT2D eigenvalue weighted by molar-refractivity contribution is 7.80. The second kappa shape index (κ2) is 9.56. The lowest BCUT2D eigenvalue weighted by molar-refractivity contribution is -0.153. The van der Waals surface area contributed by atoms with Gasteiger partial charge in [-0.3, -0.25) is 0 Å². The number of thiocarbonyl (C=S) groups is 1. The summed E-state index contributed by atoms with van der Waals surface area (Å²) >= 11 is 10.7. The molecule has 0 aliphatic carbocycles. The van der Waals surface area contributed by atoms with Gasteiger partial charge in [0.05, 0.1) is 5.02 Å². The molecule has 13 heteroatoms. The molecule has 30 heavy (non-hydrogen) atoms. The summed E-state index contributed by atoms with van der Waals surface area (Å²) in [6.07, 6.45) is -9.32. The first-order valence-electron chi connectivity index (χ1n) is 7.88. The molecule has 0 spiro atoms. The Bertz CT molecular complexity index is 870. The quantitative estimate of drug-likeness (QED) is 0.385. The van der Waals surface area contributed by atoms with Crippen molar-refractivity contribution in [2.75, 3.05) is 23.8 Å². The zero-order valence-corrected chi connectivity index (χ0v) is 16.2. The summed E-state index contributed by atoms with van der Waals surface area (Å²) in [5.74, 6) is -1.47. The van der Waals surface area contributed by atoms with E-state index in [1.54, 1.807) is 0 Å². The van der Waals surface area contributed by atoms with Crippen LogP contribution in [-0.2, 0) is 0 Å². The number of benzene rings is 2. The van der Waals surface area contributed by atoms with Crippen molar-refractivity contribution in [2.24, 2.45) is 0 Å². The van der Waals surface area contributed by atoms with E-state index in [4.69, 9.17) is 23.8 Å². The van der Waals surface area contributed by atoms with Crippen molar-refractivity contribution in [1.29, 1.82) is 0 Å². The molecule has 0 unspecified atom stereocenters. The van der Waals surface area contributed by atoms with E-state index in [0.717, 1.165) is 24.3 Å². The highest BCUT2D eigenvalue weighted by Crippen LogP contribution is 2.29. The van der Waals surface area contributed by atoms with Crippen LogP contribution < -0.4 is 20.1 Å². The smallest absolute Gasteiger partial charge is 0.422 e. The van der Waals surface area contributed by atoms with Crippen molar-refractivity contribution < 1.29 is 40.2 Å². The van der Waals surface area contributed by atoms with E-state index in [9.17, 15) is 30.7 Å². The van der Waals surface area contributed by atoms with E-state index in [2.05, 4.69) is 20.1 Å². The van der Waals surface area contributed by atoms with Gasteiger partial charge < -0.3 is 20.1 Å². The minimum atomic E-state index is -4.66. The molecule has 2 aromatic carbocycles. The summed E-state index contributed by atoms with van der Waals surface area (Å²) < 4.78 is 96.5. The number of hydrogen-bond donors (Lipinski definition) is 2. The summed E-state index contributed by atoms with van der Waals surface area (Å²) in [6.45, 7) is -3.32. The maximum absolute atomic E-state index is 13.2. The Labute approximate surface area is 175 Å². The highest BCUT2D eigenvalue weighted by atomic mass is 35.5. The van der Waals surface area contributed by atoms with Crippen LogP contribution in [0, 0.1) is 5.82 Å². The van der Waals surface area contributed by atoms with Gasteiger partial charge in [0, 0.05) is 29.6 Å². The van der Waals surface area contributed by atoms with E-state index in [-0.39, 0.29) is 21.5 Å². The third-order valence-electron chi connectivity index (χ3n) is 3.12. The summed E-state index contributed by atoms with van der Waals surface area (Å²) in [4.78, 5) is 0. The molecular weight excluding hydrogens is 465 g/mol. The van der Waals surface area contributed by atoms with E-state index in [1.165, 1.54) is 12.1 Å². The first-order valence-corrected chi connectivity index (χ1v) is 8.66. The topological polar surface area (TPSA) is 42.5 Å². The van der Waals surface area contributed by atoms with Crippen molar-refractivity contribution in [2.45, 2.75) is 12.4 Å².